The SMILES string of the molecule is CS(=O)(=O)SCCCCCCCC(=O)O. The third kappa shape index (κ3) is 13.8. The van der Waals surface area contributed by atoms with Crippen LogP contribution < -0.4 is 0 Å². The molecule has 4 nitrogen and oxygen atoms in total. The summed E-state index contributed by atoms with van der Waals surface area (Å²) in [6.07, 6.45) is 5.91. The predicted molar refractivity (Wildman–Crippen MR) is 62.6 cm³/mol. The van der Waals surface area contributed by atoms with Crippen molar-refractivity contribution in [1.82, 2.24) is 0 Å². The minimum atomic E-state index is -2.89. The lowest BCUT2D eigenvalue weighted by molar-refractivity contribution is -0.137. The molecule has 15 heavy (non-hydrogen) atoms. The van der Waals surface area contributed by atoms with E-state index in [1.807, 2.05) is 0 Å². The van der Waals surface area contributed by atoms with Crippen molar-refractivity contribution in [1.29, 1.82) is 0 Å². The van der Waals surface area contributed by atoms with Crippen molar-refractivity contribution in [2.45, 2.75) is 38.5 Å². The minimum Gasteiger partial charge on any atom is -0.481 e. The molecule has 0 aliphatic heterocycles. The van der Waals surface area contributed by atoms with Gasteiger partial charge in [-0.15, -0.1) is 0 Å². The topological polar surface area (TPSA) is 71.4 Å². The molecule has 0 fully saturated rings. The number of aliphatic carboxylic acids is 1. The Labute approximate surface area is 94.8 Å². The van der Waals surface area contributed by atoms with Gasteiger partial charge < -0.3 is 5.11 Å². The molecule has 0 saturated carbocycles. The zero-order chi connectivity index (χ0) is 11.7. The highest BCUT2D eigenvalue weighted by atomic mass is 33.1. The van der Waals surface area contributed by atoms with E-state index in [0.717, 1.165) is 36.5 Å². The third-order valence-electron chi connectivity index (χ3n) is 1.83. The Morgan fingerprint density at radius 2 is 1.67 bits per heavy atom. The number of hydrogen-bond donors (Lipinski definition) is 1. The van der Waals surface area contributed by atoms with Crippen LogP contribution in [0.5, 0.6) is 0 Å². The van der Waals surface area contributed by atoms with Gasteiger partial charge in [0.15, 0.2) is 8.87 Å². The van der Waals surface area contributed by atoms with E-state index in [4.69, 9.17) is 5.11 Å². The fourth-order valence-electron chi connectivity index (χ4n) is 1.12. The van der Waals surface area contributed by atoms with Gasteiger partial charge in [0.25, 0.3) is 0 Å². The minimum absolute atomic E-state index is 0.234. The summed E-state index contributed by atoms with van der Waals surface area (Å²) >= 11 is 0. The second-order valence-corrected chi connectivity index (χ2v) is 8.01. The van der Waals surface area contributed by atoms with Crippen molar-refractivity contribution in [2.24, 2.45) is 0 Å². The van der Waals surface area contributed by atoms with E-state index in [0.29, 0.717) is 12.2 Å². The van der Waals surface area contributed by atoms with E-state index in [9.17, 15) is 13.2 Å². The molecule has 0 rings (SSSR count). The monoisotopic (exact) mass is 254 g/mol. The first-order chi connectivity index (χ1) is 6.92. The summed E-state index contributed by atoms with van der Waals surface area (Å²) in [5.74, 6) is -0.111. The average Bonchev–Trinajstić information content (AvgIpc) is 2.07. The molecule has 6 heteroatoms. The lowest BCUT2D eigenvalue weighted by Gasteiger charge is -1.99. The van der Waals surface area contributed by atoms with Gasteiger partial charge in [0.1, 0.15) is 0 Å². The zero-order valence-corrected chi connectivity index (χ0v) is 10.6. The second-order valence-electron chi connectivity index (χ2n) is 3.44. The third-order valence-corrected chi connectivity index (χ3v) is 4.50. The van der Waals surface area contributed by atoms with Gasteiger partial charge in [-0.25, -0.2) is 8.42 Å². The van der Waals surface area contributed by atoms with E-state index in [2.05, 4.69) is 0 Å². The van der Waals surface area contributed by atoms with Crippen LogP contribution in [0.15, 0.2) is 0 Å². The highest BCUT2D eigenvalue weighted by Gasteiger charge is 2.01. The van der Waals surface area contributed by atoms with Crippen LogP contribution in [0.1, 0.15) is 38.5 Å². The molecular weight excluding hydrogens is 236 g/mol. The van der Waals surface area contributed by atoms with Gasteiger partial charge in [0.2, 0.25) is 0 Å². The number of carbonyl (C=O) groups is 1. The van der Waals surface area contributed by atoms with Crippen molar-refractivity contribution in [3.8, 4) is 0 Å². The first-order valence-electron chi connectivity index (χ1n) is 4.98. The molecule has 0 saturated heterocycles. The van der Waals surface area contributed by atoms with Gasteiger partial charge in [-0.3, -0.25) is 4.79 Å². The summed E-state index contributed by atoms with van der Waals surface area (Å²) in [5, 5.41) is 8.37. The number of hydrogen-bond acceptors (Lipinski definition) is 4. The van der Waals surface area contributed by atoms with Crippen LogP contribution in [0, 0.1) is 0 Å². The van der Waals surface area contributed by atoms with E-state index in [1.165, 1.54) is 6.26 Å². The molecule has 0 radical (unpaired) electrons. The Balaban J connectivity index is 3.16. The highest BCUT2D eigenvalue weighted by molar-refractivity contribution is 8.71. The van der Waals surface area contributed by atoms with Gasteiger partial charge in [0, 0.05) is 18.4 Å². The molecule has 0 spiro atoms. The molecule has 0 aromatic rings. The van der Waals surface area contributed by atoms with Gasteiger partial charge in [-0.05, 0) is 23.6 Å². The first kappa shape index (κ1) is 14.8. The average molecular weight is 254 g/mol. The van der Waals surface area contributed by atoms with Crippen LogP contribution in [0.3, 0.4) is 0 Å². The molecule has 0 aromatic carbocycles. The largest absolute Gasteiger partial charge is 0.481 e. The van der Waals surface area contributed by atoms with Crippen molar-refractivity contribution in [3.63, 3.8) is 0 Å². The van der Waals surface area contributed by atoms with Gasteiger partial charge in [0.05, 0.1) is 0 Å². The van der Waals surface area contributed by atoms with Gasteiger partial charge >= 0.3 is 5.97 Å². The van der Waals surface area contributed by atoms with E-state index < -0.39 is 14.8 Å². The lowest BCUT2D eigenvalue weighted by atomic mass is 10.1. The molecule has 0 atom stereocenters. The summed E-state index contributed by atoms with van der Waals surface area (Å²) in [7, 11) is -1.91. The zero-order valence-electron chi connectivity index (χ0n) is 8.94. The summed E-state index contributed by atoms with van der Waals surface area (Å²) in [4.78, 5) is 10.2. The lowest BCUT2D eigenvalue weighted by Crippen LogP contribution is -1.94. The molecule has 0 aliphatic carbocycles. The molecule has 0 heterocycles. The van der Waals surface area contributed by atoms with Crippen LogP contribution in [-0.4, -0.2) is 31.5 Å². The quantitative estimate of drug-likeness (QED) is 0.504. The summed E-state index contributed by atoms with van der Waals surface area (Å²) in [5.41, 5.74) is 0. The fourth-order valence-corrected chi connectivity index (χ4v) is 3.01. The standard InChI is InChI=1S/C9H18O4S2/c1-15(12,13)14-8-6-4-2-3-5-7-9(10)11/h2-8H2,1H3,(H,10,11). The summed E-state index contributed by atoms with van der Waals surface area (Å²) < 4.78 is 21.5. The number of carboxylic acid groups (broad SMARTS) is 1. The Morgan fingerprint density at radius 1 is 1.13 bits per heavy atom. The Hall–Kier alpha value is -0.230. The maximum absolute atomic E-state index is 10.7. The van der Waals surface area contributed by atoms with Crippen molar-refractivity contribution in [3.05, 3.63) is 0 Å². The van der Waals surface area contributed by atoms with E-state index >= 15 is 0 Å². The van der Waals surface area contributed by atoms with Crippen LogP contribution in [-0.2, 0) is 13.7 Å². The summed E-state index contributed by atoms with van der Waals surface area (Å²) in [6.45, 7) is 0. The molecular formula is C9H18O4S2. The summed E-state index contributed by atoms with van der Waals surface area (Å²) in [6, 6.07) is 0. The van der Waals surface area contributed by atoms with E-state index in [1.54, 1.807) is 0 Å². The van der Waals surface area contributed by atoms with Crippen molar-refractivity contribution >= 4 is 25.6 Å². The van der Waals surface area contributed by atoms with Gasteiger partial charge in [-0.2, -0.15) is 0 Å². The number of unbranched alkanes of at least 4 members (excludes halogenated alkanes) is 4. The second kappa shape index (κ2) is 7.98. The maximum atomic E-state index is 10.7. The van der Waals surface area contributed by atoms with E-state index in [-0.39, 0.29) is 6.42 Å². The molecule has 0 amide bonds. The first-order valence-corrected chi connectivity index (χ1v) is 8.37. The van der Waals surface area contributed by atoms with Gasteiger partial charge in [-0.1, -0.05) is 19.3 Å². The van der Waals surface area contributed by atoms with Crippen molar-refractivity contribution in [2.75, 3.05) is 12.0 Å². The van der Waals surface area contributed by atoms with Crippen LogP contribution in [0.2, 0.25) is 0 Å². The Morgan fingerprint density at radius 3 is 2.20 bits per heavy atom. The number of carboxylic acids is 1. The van der Waals surface area contributed by atoms with Crippen LogP contribution >= 0.6 is 10.8 Å². The van der Waals surface area contributed by atoms with Crippen molar-refractivity contribution < 1.29 is 18.3 Å². The molecule has 1 N–H and O–H groups in total. The molecule has 0 aliphatic rings. The molecule has 0 unspecified atom stereocenters. The Kier molecular flexibility index (Phi) is 7.86. The Bertz CT molecular complexity index is 272. The number of rotatable bonds is 9. The molecule has 90 valence electrons. The fraction of sp³-hybridized carbons (Fsp3) is 0.889. The highest BCUT2D eigenvalue weighted by Crippen LogP contribution is 2.14. The maximum Gasteiger partial charge on any atom is 0.303 e. The smallest absolute Gasteiger partial charge is 0.303 e. The van der Waals surface area contributed by atoms with Crippen LogP contribution in [0.4, 0.5) is 0 Å². The van der Waals surface area contributed by atoms with Crippen LogP contribution in [0.25, 0.3) is 0 Å². The molecule has 0 aromatic heterocycles. The predicted octanol–water partition coefficient (Wildman–Crippen LogP) is 2.10. The normalized spacial score (nSPS) is 11.5. The molecule has 0 bridgehead atoms.